The van der Waals surface area contributed by atoms with Crippen LogP contribution < -0.4 is 9.47 Å². The van der Waals surface area contributed by atoms with Gasteiger partial charge in [0.25, 0.3) is 0 Å². The van der Waals surface area contributed by atoms with Crippen LogP contribution in [0.2, 0.25) is 0 Å². The largest absolute Gasteiger partial charge is 0.478 e. The number of aliphatic imine (C=N–C) groups is 1. The van der Waals surface area contributed by atoms with Crippen molar-refractivity contribution in [1.29, 1.82) is 5.41 Å². The third-order valence-corrected chi connectivity index (χ3v) is 5.79. The van der Waals surface area contributed by atoms with Gasteiger partial charge in [0.05, 0.1) is 5.56 Å². The summed E-state index contributed by atoms with van der Waals surface area (Å²) in [4.78, 5) is 3.74. The third kappa shape index (κ3) is 2.10. The van der Waals surface area contributed by atoms with Gasteiger partial charge in [0.15, 0.2) is 29.5 Å². The van der Waals surface area contributed by atoms with Gasteiger partial charge in [-0.2, -0.15) is 0 Å². The van der Waals surface area contributed by atoms with Crippen LogP contribution in [0.1, 0.15) is 30.5 Å². The number of nitrogens with one attached hydrogen (secondary N) is 1. The molecule has 134 valence electrons. The molecule has 2 aliphatic carbocycles. The van der Waals surface area contributed by atoms with Crippen molar-refractivity contribution in [3.63, 3.8) is 0 Å². The van der Waals surface area contributed by atoms with E-state index in [-0.39, 0.29) is 23.5 Å². The van der Waals surface area contributed by atoms with E-state index in [9.17, 15) is 0 Å². The highest BCUT2D eigenvalue weighted by Gasteiger charge is 2.46. The Bertz CT molecular complexity index is 1060. The van der Waals surface area contributed by atoms with Gasteiger partial charge in [-0.1, -0.05) is 50.3 Å². The Balaban J connectivity index is 1.65. The zero-order chi connectivity index (χ0) is 18.8. The third-order valence-electron chi connectivity index (χ3n) is 5.79. The van der Waals surface area contributed by atoms with Gasteiger partial charge >= 0.3 is 0 Å². The summed E-state index contributed by atoms with van der Waals surface area (Å²) in [5.74, 6) is 1.29. The van der Waals surface area contributed by atoms with Gasteiger partial charge in [-0.15, -0.1) is 0 Å². The average Bonchev–Trinajstić information content (AvgIpc) is 2.93. The molecule has 0 radical (unpaired) electrons. The molecule has 1 aliphatic heterocycles. The number of hydrogen-bond donors (Lipinski definition) is 1. The van der Waals surface area contributed by atoms with Crippen molar-refractivity contribution in [2.24, 2.45) is 4.99 Å². The molecule has 0 bridgehead atoms. The molecule has 1 N–H and O–H groups in total. The number of nitrogens with zero attached hydrogens (tertiary/aromatic N) is 1. The Morgan fingerprint density at radius 1 is 1.11 bits per heavy atom. The molecule has 0 saturated heterocycles. The second-order valence-corrected chi connectivity index (χ2v) is 7.62. The topological polar surface area (TPSA) is 54.7 Å². The van der Waals surface area contributed by atoms with E-state index in [1.165, 1.54) is 22.3 Å². The molecular weight excluding hydrogens is 336 g/mol. The minimum absolute atomic E-state index is 0.0617. The highest BCUT2D eigenvalue weighted by atomic mass is 16.6. The first-order chi connectivity index (χ1) is 13.0. The molecule has 4 nitrogen and oxygen atoms in total. The van der Waals surface area contributed by atoms with E-state index in [4.69, 9.17) is 14.9 Å². The standard InChI is InChI=1S/C23H20N2O2/c1-23(2)15-9-5-4-7-13(15)19-16(23)11-12-18-21(19)27-17-10-6-8-14(20(17)26-18)22(24)25-3/h4-12,18,21,24H,3H2,1-2H3. The molecule has 2 aromatic rings. The number of fused-ring (bicyclic) bond motifs is 5. The Hall–Kier alpha value is -3.14. The van der Waals surface area contributed by atoms with Gasteiger partial charge in [-0.3, -0.25) is 5.41 Å². The monoisotopic (exact) mass is 356 g/mol. The van der Waals surface area contributed by atoms with E-state index in [0.717, 1.165) is 0 Å². The molecule has 0 aromatic heterocycles. The lowest BCUT2D eigenvalue weighted by Gasteiger charge is -2.37. The number of hydrogen-bond acceptors (Lipinski definition) is 3. The second kappa shape index (κ2) is 5.43. The number of allylic oxidation sites excluding steroid dienone is 2. The summed E-state index contributed by atoms with van der Waals surface area (Å²) in [5, 5.41) is 8.03. The molecule has 5 rings (SSSR count). The normalized spacial score (nSPS) is 23.3. The highest BCUT2D eigenvalue weighted by Crippen LogP contribution is 2.52. The van der Waals surface area contributed by atoms with E-state index in [0.29, 0.717) is 17.1 Å². The van der Waals surface area contributed by atoms with Crippen molar-refractivity contribution < 1.29 is 9.47 Å². The van der Waals surface area contributed by atoms with Crippen molar-refractivity contribution >= 4 is 18.1 Å². The fourth-order valence-corrected chi connectivity index (χ4v) is 4.45. The Kier molecular flexibility index (Phi) is 3.23. The van der Waals surface area contributed by atoms with Gasteiger partial charge in [0.1, 0.15) is 0 Å². The molecular formula is C23H20N2O2. The number of ether oxygens (including phenoxy) is 2. The molecule has 2 aromatic carbocycles. The van der Waals surface area contributed by atoms with Gasteiger partial charge in [-0.05, 0) is 41.6 Å². The maximum Gasteiger partial charge on any atom is 0.173 e. The summed E-state index contributed by atoms with van der Waals surface area (Å²) in [6.07, 6.45) is 3.80. The SMILES string of the molecule is C=NC(=N)c1cccc2c1OC1C=CC3=C(c4ccccc4C3(C)C)C1O2. The minimum Gasteiger partial charge on any atom is -0.478 e. The van der Waals surface area contributed by atoms with Gasteiger partial charge in [0, 0.05) is 11.0 Å². The zero-order valence-electron chi connectivity index (χ0n) is 15.3. The number of amidine groups is 1. The lowest BCUT2D eigenvalue weighted by atomic mass is 9.79. The van der Waals surface area contributed by atoms with Crippen molar-refractivity contribution in [3.05, 3.63) is 76.9 Å². The van der Waals surface area contributed by atoms with Crippen LogP contribution in [-0.2, 0) is 5.41 Å². The Morgan fingerprint density at radius 2 is 1.93 bits per heavy atom. The van der Waals surface area contributed by atoms with Crippen LogP contribution in [0.4, 0.5) is 0 Å². The molecule has 0 saturated carbocycles. The molecule has 4 heteroatoms. The average molecular weight is 356 g/mol. The van der Waals surface area contributed by atoms with Crippen molar-refractivity contribution in [2.45, 2.75) is 31.5 Å². The summed E-state index contributed by atoms with van der Waals surface area (Å²) in [7, 11) is 0. The molecule has 3 aliphatic rings. The summed E-state index contributed by atoms with van der Waals surface area (Å²) in [6.45, 7) is 7.97. The fourth-order valence-electron chi connectivity index (χ4n) is 4.45. The molecule has 0 fully saturated rings. The van der Waals surface area contributed by atoms with Crippen LogP contribution in [0, 0.1) is 5.41 Å². The Morgan fingerprint density at radius 3 is 2.74 bits per heavy atom. The fraction of sp³-hybridized carbons (Fsp3) is 0.217. The van der Waals surface area contributed by atoms with Crippen molar-refractivity contribution in [2.75, 3.05) is 0 Å². The lowest BCUT2D eigenvalue weighted by Crippen LogP contribution is -2.41. The van der Waals surface area contributed by atoms with E-state index in [1.54, 1.807) is 0 Å². The van der Waals surface area contributed by atoms with E-state index < -0.39 is 0 Å². The first kappa shape index (κ1) is 16.1. The minimum atomic E-state index is -0.239. The van der Waals surface area contributed by atoms with Crippen LogP contribution in [0.3, 0.4) is 0 Å². The summed E-state index contributed by atoms with van der Waals surface area (Å²) in [5.41, 5.74) is 5.58. The number of para-hydroxylation sites is 1. The maximum atomic E-state index is 8.03. The molecule has 2 unspecified atom stereocenters. The quantitative estimate of drug-likeness (QED) is 0.603. The van der Waals surface area contributed by atoms with Crippen LogP contribution in [0.5, 0.6) is 11.5 Å². The molecule has 1 heterocycles. The first-order valence-corrected chi connectivity index (χ1v) is 9.07. The number of benzene rings is 2. The predicted octanol–water partition coefficient (Wildman–Crippen LogP) is 4.54. The first-order valence-electron chi connectivity index (χ1n) is 9.07. The van der Waals surface area contributed by atoms with Crippen LogP contribution in [0.15, 0.2) is 65.2 Å². The lowest BCUT2D eigenvalue weighted by molar-refractivity contribution is 0.0808. The molecule has 27 heavy (non-hydrogen) atoms. The van der Waals surface area contributed by atoms with Gasteiger partial charge in [0.2, 0.25) is 0 Å². The predicted molar refractivity (Wildman–Crippen MR) is 107 cm³/mol. The summed E-state index contributed by atoms with van der Waals surface area (Å²) in [6, 6.07) is 14.1. The summed E-state index contributed by atoms with van der Waals surface area (Å²) < 4.78 is 12.7. The Labute approximate surface area is 158 Å². The van der Waals surface area contributed by atoms with Gasteiger partial charge < -0.3 is 9.47 Å². The smallest absolute Gasteiger partial charge is 0.173 e. The highest BCUT2D eigenvalue weighted by molar-refractivity contribution is 6.02. The number of rotatable bonds is 1. The van der Waals surface area contributed by atoms with E-state index in [1.807, 2.05) is 18.2 Å². The van der Waals surface area contributed by atoms with Crippen molar-refractivity contribution in [3.8, 4) is 11.5 Å². The van der Waals surface area contributed by atoms with Crippen LogP contribution in [-0.4, -0.2) is 24.8 Å². The van der Waals surface area contributed by atoms with Crippen LogP contribution in [0.25, 0.3) is 5.57 Å². The van der Waals surface area contributed by atoms with E-state index in [2.05, 4.69) is 62.0 Å². The van der Waals surface area contributed by atoms with Crippen LogP contribution >= 0.6 is 0 Å². The van der Waals surface area contributed by atoms with Crippen molar-refractivity contribution in [1.82, 2.24) is 0 Å². The second-order valence-electron chi connectivity index (χ2n) is 7.62. The molecule has 2 atom stereocenters. The van der Waals surface area contributed by atoms with Gasteiger partial charge in [-0.25, -0.2) is 4.99 Å². The molecule has 0 spiro atoms. The maximum absolute atomic E-state index is 8.03. The van der Waals surface area contributed by atoms with E-state index >= 15 is 0 Å². The molecule has 0 amide bonds. The zero-order valence-corrected chi connectivity index (χ0v) is 15.3. The summed E-state index contributed by atoms with van der Waals surface area (Å²) >= 11 is 0.